The molecule has 0 unspecified atom stereocenters. The van der Waals surface area contributed by atoms with E-state index in [4.69, 9.17) is 9.97 Å². The van der Waals surface area contributed by atoms with Gasteiger partial charge in [-0.15, -0.1) is 0 Å². The van der Waals surface area contributed by atoms with E-state index in [9.17, 15) is 0 Å². The second-order valence-corrected chi connectivity index (χ2v) is 9.94. The first-order chi connectivity index (χ1) is 19.8. The maximum atomic E-state index is 5.19. The molecule has 8 rings (SSSR count). The Labute approximate surface area is 231 Å². The minimum Gasteiger partial charge on any atom is -0.316 e. The smallest absolute Gasteiger partial charge is 0.162 e. The van der Waals surface area contributed by atoms with E-state index in [1.54, 1.807) is 0 Å². The van der Waals surface area contributed by atoms with Gasteiger partial charge < -0.3 is 4.57 Å². The van der Waals surface area contributed by atoms with E-state index in [0.29, 0.717) is 5.82 Å². The number of rotatable bonds is 4. The Balaban J connectivity index is 1.48. The number of fused-ring (bicyclic) bond motifs is 5. The zero-order chi connectivity index (χ0) is 26.5. The molecule has 0 radical (unpaired) electrons. The van der Waals surface area contributed by atoms with Gasteiger partial charge >= 0.3 is 0 Å². The second kappa shape index (κ2) is 9.07. The summed E-state index contributed by atoms with van der Waals surface area (Å²) < 4.78 is 4.56. The van der Waals surface area contributed by atoms with Gasteiger partial charge in [-0.2, -0.15) is 0 Å². The molecule has 40 heavy (non-hydrogen) atoms. The fourth-order valence-electron chi connectivity index (χ4n) is 5.75. The third-order valence-corrected chi connectivity index (χ3v) is 7.58. The van der Waals surface area contributed by atoms with Gasteiger partial charge in [0.25, 0.3) is 0 Å². The maximum Gasteiger partial charge on any atom is 0.162 e. The van der Waals surface area contributed by atoms with Crippen LogP contribution in [0.15, 0.2) is 146 Å². The van der Waals surface area contributed by atoms with Gasteiger partial charge in [0.15, 0.2) is 5.82 Å². The Bertz CT molecular complexity index is 2080. The lowest BCUT2D eigenvalue weighted by Crippen LogP contribution is -2.02. The Kier molecular flexibility index (Phi) is 5.10. The molecule has 0 aliphatic heterocycles. The summed E-state index contributed by atoms with van der Waals surface area (Å²) >= 11 is 0. The number of hydrogen-bond acceptors (Lipinski definition) is 2. The van der Waals surface area contributed by atoms with Crippen molar-refractivity contribution in [3.63, 3.8) is 0 Å². The van der Waals surface area contributed by atoms with E-state index in [0.717, 1.165) is 44.9 Å². The van der Waals surface area contributed by atoms with Crippen molar-refractivity contribution in [2.75, 3.05) is 0 Å². The lowest BCUT2D eigenvalue weighted by molar-refractivity contribution is 1.05. The quantitative estimate of drug-likeness (QED) is 0.236. The number of nitrogens with zero attached hydrogens (tertiary/aromatic N) is 4. The van der Waals surface area contributed by atoms with Gasteiger partial charge in [0.05, 0.1) is 22.2 Å². The first-order valence-corrected chi connectivity index (χ1v) is 13.4. The van der Waals surface area contributed by atoms with E-state index < -0.39 is 0 Å². The number of hydrogen-bond donors (Lipinski definition) is 0. The van der Waals surface area contributed by atoms with Crippen LogP contribution in [0.2, 0.25) is 0 Å². The van der Waals surface area contributed by atoms with Crippen molar-refractivity contribution in [1.29, 1.82) is 0 Å². The van der Waals surface area contributed by atoms with Crippen LogP contribution >= 0.6 is 0 Å². The zero-order valence-corrected chi connectivity index (χ0v) is 21.6. The number of para-hydroxylation sites is 2. The van der Waals surface area contributed by atoms with Crippen molar-refractivity contribution < 1.29 is 0 Å². The summed E-state index contributed by atoms with van der Waals surface area (Å²) in [7, 11) is 0. The number of benzene rings is 5. The van der Waals surface area contributed by atoms with Crippen molar-refractivity contribution in [2.45, 2.75) is 0 Å². The molecule has 0 N–H and O–H groups in total. The highest BCUT2D eigenvalue weighted by Crippen LogP contribution is 2.38. The standard InChI is InChI=1S/C36H24N4/c1-4-12-25(13-5-1)31-24-34(38-36(37-31)26-14-6-2-7-15-26)40-33-19-11-10-18-28(33)29-20-21-32-30(35(29)40)22-23-39(32)27-16-8-3-9-17-27/h1-24H. The Morgan fingerprint density at radius 1 is 0.475 bits per heavy atom. The fourth-order valence-corrected chi connectivity index (χ4v) is 5.75. The maximum absolute atomic E-state index is 5.19. The SMILES string of the molecule is c1ccc(-c2cc(-n3c4ccccc4c4ccc5c(ccn5-c5ccccc5)c43)nc(-c3ccccc3)n2)cc1. The monoisotopic (exact) mass is 512 g/mol. The predicted molar refractivity (Wildman–Crippen MR) is 164 cm³/mol. The van der Waals surface area contributed by atoms with Crippen molar-refractivity contribution in [2.24, 2.45) is 0 Å². The summed E-state index contributed by atoms with van der Waals surface area (Å²) in [6.45, 7) is 0. The van der Waals surface area contributed by atoms with Gasteiger partial charge in [0.1, 0.15) is 5.82 Å². The molecule has 3 aromatic heterocycles. The molecule has 0 bridgehead atoms. The van der Waals surface area contributed by atoms with Crippen LogP contribution in [0.4, 0.5) is 0 Å². The molecular weight excluding hydrogens is 488 g/mol. The third-order valence-electron chi connectivity index (χ3n) is 7.58. The molecule has 0 atom stereocenters. The Morgan fingerprint density at radius 3 is 1.93 bits per heavy atom. The molecule has 0 amide bonds. The molecule has 5 aromatic carbocycles. The molecule has 0 fully saturated rings. The van der Waals surface area contributed by atoms with Gasteiger partial charge in [-0.3, -0.25) is 4.57 Å². The van der Waals surface area contributed by atoms with Crippen molar-refractivity contribution in [3.8, 4) is 34.2 Å². The summed E-state index contributed by atoms with van der Waals surface area (Å²) in [6.07, 6.45) is 2.16. The molecule has 0 saturated heterocycles. The highest BCUT2D eigenvalue weighted by Gasteiger charge is 2.19. The molecule has 8 aromatic rings. The predicted octanol–water partition coefficient (Wildman–Crippen LogP) is 8.85. The van der Waals surface area contributed by atoms with E-state index in [-0.39, 0.29) is 0 Å². The summed E-state index contributed by atoms with van der Waals surface area (Å²) in [6, 6.07) is 48.4. The average molecular weight is 513 g/mol. The van der Waals surface area contributed by atoms with Crippen LogP contribution in [0.3, 0.4) is 0 Å². The lowest BCUT2D eigenvalue weighted by Gasteiger charge is -2.13. The van der Waals surface area contributed by atoms with E-state index >= 15 is 0 Å². The molecular formula is C36H24N4. The fraction of sp³-hybridized carbons (Fsp3) is 0. The summed E-state index contributed by atoms with van der Waals surface area (Å²) in [5.41, 5.74) is 7.50. The first-order valence-electron chi connectivity index (χ1n) is 13.4. The largest absolute Gasteiger partial charge is 0.316 e. The normalized spacial score (nSPS) is 11.5. The summed E-state index contributed by atoms with van der Waals surface area (Å²) in [4.78, 5) is 10.2. The topological polar surface area (TPSA) is 35.6 Å². The van der Waals surface area contributed by atoms with E-state index in [1.807, 2.05) is 24.3 Å². The van der Waals surface area contributed by atoms with Gasteiger partial charge in [-0.05, 0) is 30.3 Å². The molecule has 4 nitrogen and oxygen atoms in total. The first kappa shape index (κ1) is 22.5. The zero-order valence-electron chi connectivity index (χ0n) is 21.6. The van der Waals surface area contributed by atoms with Crippen LogP contribution < -0.4 is 0 Å². The van der Waals surface area contributed by atoms with Crippen LogP contribution in [0.1, 0.15) is 0 Å². The Hall–Kier alpha value is -5.48. The molecule has 188 valence electrons. The summed E-state index contributed by atoms with van der Waals surface area (Å²) in [5, 5.41) is 3.58. The van der Waals surface area contributed by atoms with Crippen LogP contribution in [0.5, 0.6) is 0 Å². The van der Waals surface area contributed by atoms with E-state index in [2.05, 4.69) is 131 Å². The Morgan fingerprint density at radius 2 is 1.15 bits per heavy atom. The van der Waals surface area contributed by atoms with Gasteiger partial charge in [-0.25, -0.2) is 9.97 Å². The second-order valence-electron chi connectivity index (χ2n) is 9.94. The van der Waals surface area contributed by atoms with Crippen LogP contribution in [0.25, 0.3) is 66.9 Å². The summed E-state index contributed by atoms with van der Waals surface area (Å²) in [5.74, 6) is 1.55. The lowest BCUT2D eigenvalue weighted by atomic mass is 10.1. The van der Waals surface area contributed by atoms with Crippen LogP contribution in [-0.4, -0.2) is 19.1 Å². The molecule has 0 saturated carbocycles. The highest BCUT2D eigenvalue weighted by atomic mass is 15.1. The van der Waals surface area contributed by atoms with Crippen molar-refractivity contribution in [3.05, 3.63) is 146 Å². The van der Waals surface area contributed by atoms with Crippen LogP contribution in [-0.2, 0) is 0 Å². The molecule has 0 aliphatic rings. The minimum atomic E-state index is 0.705. The number of aromatic nitrogens is 4. The molecule has 0 aliphatic carbocycles. The highest BCUT2D eigenvalue weighted by molar-refractivity contribution is 6.18. The minimum absolute atomic E-state index is 0.705. The molecule has 4 heteroatoms. The van der Waals surface area contributed by atoms with E-state index in [1.165, 1.54) is 16.2 Å². The van der Waals surface area contributed by atoms with Crippen LogP contribution in [0, 0.1) is 0 Å². The van der Waals surface area contributed by atoms with Crippen molar-refractivity contribution in [1.82, 2.24) is 19.1 Å². The molecule has 0 spiro atoms. The van der Waals surface area contributed by atoms with Gasteiger partial charge in [0.2, 0.25) is 0 Å². The van der Waals surface area contributed by atoms with Crippen molar-refractivity contribution >= 4 is 32.7 Å². The average Bonchev–Trinajstić information content (AvgIpc) is 3.62. The third kappa shape index (κ3) is 3.54. The van der Waals surface area contributed by atoms with Gasteiger partial charge in [0, 0.05) is 45.2 Å². The molecule has 3 heterocycles. The van der Waals surface area contributed by atoms with Gasteiger partial charge in [-0.1, -0.05) is 103 Å².